The zero-order valence-electron chi connectivity index (χ0n) is 15.9. The summed E-state index contributed by atoms with van der Waals surface area (Å²) in [5.41, 5.74) is -3.90. The van der Waals surface area contributed by atoms with Crippen LogP contribution in [0.4, 0.5) is 26.3 Å². The molecule has 0 aliphatic carbocycles. The van der Waals surface area contributed by atoms with E-state index in [2.05, 4.69) is 20.6 Å². The topological polar surface area (TPSA) is 85.8 Å². The molecular formula is C18H15F6N5O2. The number of halogens is 6. The first kappa shape index (κ1) is 22.3. The van der Waals surface area contributed by atoms with E-state index in [0.717, 1.165) is 18.2 Å². The molecule has 0 spiro atoms. The number of nitrogens with zero attached hydrogens (tertiary/aromatic N) is 4. The molecule has 3 rings (SSSR count). The fourth-order valence-electron chi connectivity index (χ4n) is 2.78. The molecule has 0 aliphatic heterocycles. The van der Waals surface area contributed by atoms with Crippen LogP contribution in [0, 0.1) is 6.92 Å². The van der Waals surface area contributed by atoms with Crippen molar-refractivity contribution in [1.29, 1.82) is 0 Å². The Morgan fingerprint density at radius 2 is 1.90 bits per heavy atom. The van der Waals surface area contributed by atoms with Crippen molar-refractivity contribution in [2.45, 2.75) is 32.1 Å². The van der Waals surface area contributed by atoms with Crippen molar-refractivity contribution < 1.29 is 35.7 Å². The van der Waals surface area contributed by atoms with Crippen LogP contribution in [0.15, 0.2) is 35.0 Å². The molecule has 0 unspecified atom stereocenters. The Balaban J connectivity index is 1.80. The van der Waals surface area contributed by atoms with Gasteiger partial charge in [0.1, 0.15) is 0 Å². The molecule has 3 aromatic rings. The normalized spacial score (nSPS) is 12.2. The molecule has 2 heterocycles. The number of alkyl halides is 6. The summed E-state index contributed by atoms with van der Waals surface area (Å²) in [6, 6.07) is 3.24. The molecule has 0 fully saturated rings. The standard InChI is InChI=1S/C18H15F6N5O2/c1-10-27-14(31-28-10)6-3-7-25-16(30)13-9-26-29(15(13)18(22,23)24)12-5-2-4-11(8-12)17(19,20)21/h2,4-5,8-9H,3,6-7H2,1H3,(H,25,30). The molecule has 0 bridgehead atoms. The van der Waals surface area contributed by atoms with Crippen LogP contribution in [0.2, 0.25) is 0 Å². The number of benzene rings is 1. The highest BCUT2D eigenvalue weighted by Crippen LogP contribution is 2.35. The zero-order valence-corrected chi connectivity index (χ0v) is 15.9. The number of aromatic nitrogens is 4. The number of amides is 1. The highest BCUT2D eigenvalue weighted by Gasteiger charge is 2.41. The predicted molar refractivity (Wildman–Crippen MR) is 93.3 cm³/mol. The number of rotatable bonds is 6. The van der Waals surface area contributed by atoms with Gasteiger partial charge in [-0.3, -0.25) is 4.79 Å². The Bertz CT molecular complexity index is 1070. The van der Waals surface area contributed by atoms with Gasteiger partial charge in [-0.15, -0.1) is 0 Å². The molecule has 0 aliphatic rings. The largest absolute Gasteiger partial charge is 0.434 e. The van der Waals surface area contributed by atoms with Crippen molar-refractivity contribution in [1.82, 2.24) is 25.2 Å². The van der Waals surface area contributed by atoms with Gasteiger partial charge in [0.2, 0.25) is 5.89 Å². The fourth-order valence-corrected chi connectivity index (χ4v) is 2.78. The van der Waals surface area contributed by atoms with E-state index >= 15 is 0 Å². The van der Waals surface area contributed by atoms with Crippen molar-refractivity contribution in [3.05, 3.63) is 59.0 Å². The van der Waals surface area contributed by atoms with Crippen LogP contribution >= 0.6 is 0 Å². The van der Waals surface area contributed by atoms with Crippen LogP contribution in [0.5, 0.6) is 0 Å². The lowest BCUT2D eigenvalue weighted by molar-refractivity contribution is -0.143. The number of aryl methyl sites for hydroxylation is 2. The third kappa shape index (κ3) is 5.22. The van der Waals surface area contributed by atoms with Gasteiger partial charge in [0.15, 0.2) is 11.5 Å². The Kier molecular flexibility index (Phi) is 6.04. The van der Waals surface area contributed by atoms with E-state index in [0.29, 0.717) is 36.8 Å². The van der Waals surface area contributed by atoms with Crippen molar-refractivity contribution >= 4 is 5.91 Å². The minimum Gasteiger partial charge on any atom is -0.352 e. The van der Waals surface area contributed by atoms with Crippen LogP contribution in [0.1, 0.15) is 39.8 Å². The molecule has 0 saturated carbocycles. The second-order valence-electron chi connectivity index (χ2n) is 6.46. The molecule has 0 atom stereocenters. The monoisotopic (exact) mass is 447 g/mol. The molecule has 7 nitrogen and oxygen atoms in total. The quantitative estimate of drug-likeness (QED) is 0.457. The number of hydrogen-bond donors (Lipinski definition) is 1. The minimum absolute atomic E-state index is 0.00625. The van der Waals surface area contributed by atoms with Gasteiger partial charge in [-0.2, -0.15) is 36.4 Å². The van der Waals surface area contributed by atoms with E-state index in [1.165, 1.54) is 0 Å². The van der Waals surface area contributed by atoms with Crippen LogP contribution in [-0.4, -0.2) is 32.4 Å². The lowest BCUT2D eigenvalue weighted by atomic mass is 10.1. The first-order valence-corrected chi connectivity index (χ1v) is 8.87. The number of hydrogen-bond acceptors (Lipinski definition) is 5. The van der Waals surface area contributed by atoms with Crippen molar-refractivity contribution in [3.8, 4) is 5.69 Å². The molecular weight excluding hydrogens is 432 g/mol. The lowest BCUT2D eigenvalue weighted by Gasteiger charge is -2.14. The summed E-state index contributed by atoms with van der Waals surface area (Å²) in [7, 11) is 0. The van der Waals surface area contributed by atoms with Gasteiger partial charge >= 0.3 is 12.4 Å². The fraction of sp³-hybridized carbons (Fsp3) is 0.333. The second kappa shape index (κ2) is 8.40. The van der Waals surface area contributed by atoms with Crippen molar-refractivity contribution in [3.63, 3.8) is 0 Å². The average Bonchev–Trinajstić information content (AvgIpc) is 3.31. The summed E-state index contributed by atoms with van der Waals surface area (Å²) in [5.74, 6) is -0.316. The summed E-state index contributed by atoms with van der Waals surface area (Å²) in [6.45, 7) is 1.63. The van der Waals surface area contributed by atoms with Crippen LogP contribution in [0.25, 0.3) is 5.69 Å². The maximum Gasteiger partial charge on any atom is 0.434 e. The average molecular weight is 447 g/mol. The van der Waals surface area contributed by atoms with Gasteiger partial charge in [-0.25, -0.2) is 4.68 Å². The predicted octanol–water partition coefficient (Wildman–Crippen LogP) is 3.96. The minimum atomic E-state index is -5.04. The maximum absolute atomic E-state index is 13.6. The molecule has 1 amide bonds. The van der Waals surface area contributed by atoms with Crippen LogP contribution in [0.3, 0.4) is 0 Å². The van der Waals surface area contributed by atoms with Gasteiger partial charge in [0.05, 0.1) is 23.0 Å². The van der Waals surface area contributed by atoms with E-state index in [9.17, 15) is 31.1 Å². The number of carbonyl (C=O) groups excluding carboxylic acids is 1. The van der Waals surface area contributed by atoms with E-state index in [-0.39, 0.29) is 11.2 Å². The summed E-state index contributed by atoms with van der Waals surface area (Å²) in [6.07, 6.45) is -8.51. The molecule has 0 radical (unpaired) electrons. The Morgan fingerprint density at radius 3 is 2.52 bits per heavy atom. The summed E-state index contributed by atoms with van der Waals surface area (Å²) in [4.78, 5) is 16.3. The summed E-state index contributed by atoms with van der Waals surface area (Å²) >= 11 is 0. The maximum atomic E-state index is 13.6. The van der Waals surface area contributed by atoms with Gasteiger partial charge < -0.3 is 9.84 Å². The number of nitrogens with one attached hydrogen (secondary N) is 1. The van der Waals surface area contributed by atoms with Gasteiger partial charge in [0.25, 0.3) is 5.91 Å². The SMILES string of the molecule is Cc1noc(CCCNC(=O)c2cnn(-c3cccc(C(F)(F)F)c3)c2C(F)(F)F)n1. The Hall–Kier alpha value is -3.38. The van der Waals surface area contributed by atoms with E-state index in [4.69, 9.17) is 4.52 Å². The van der Waals surface area contributed by atoms with Gasteiger partial charge in [-0.1, -0.05) is 11.2 Å². The van der Waals surface area contributed by atoms with Crippen molar-refractivity contribution in [2.75, 3.05) is 6.54 Å². The first-order valence-electron chi connectivity index (χ1n) is 8.87. The van der Waals surface area contributed by atoms with E-state index < -0.39 is 40.8 Å². The third-order valence-electron chi connectivity index (χ3n) is 4.12. The van der Waals surface area contributed by atoms with Crippen LogP contribution in [-0.2, 0) is 18.8 Å². The molecule has 166 valence electrons. The number of carbonyl (C=O) groups is 1. The second-order valence-corrected chi connectivity index (χ2v) is 6.46. The van der Waals surface area contributed by atoms with Gasteiger partial charge in [-0.05, 0) is 31.5 Å². The van der Waals surface area contributed by atoms with E-state index in [1.807, 2.05) is 0 Å². The summed E-state index contributed by atoms with van der Waals surface area (Å²) in [5, 5.41) is 9.43. The van der Waals surface area contributed by atoms with Gasteiger partial charge in [0, 0.05) is 13.0 Å². The molecule has 1 N–H and O–H groups in total. The molecule has 2 aromatic heterocycles. The highest BCUT2D eigenvalue weighted by molar-refractivity contribution is 5.95. The summed E-state index contributed by atoms with van der Waals surface area (Å²) < 4.78 is 84.8. The Labute approximate surface area is 171 Å². The van der Waals surface area contributed by atoms with Crippen molar-refractivity contribution in [2.24, 2.45) is 0 Å². The Morgan fingerprint density at radius 1 is 1.16 bits per heavy atom. The molecule has 13 heteroatoms. The smallest absolute Gasteiger partial charge is 0.352 e. The van der Waals surface area contributed by atoms with E-state index in [1.54, 1.807) is 6.92 Å². The lowest BCUT2D eigenvalue weighted by Crippen LogP contribution is -2.27. The highest BCUT2D eigenvalue weighted by atomic mass is 19.4. The van der Waals surface area contributed by atoms with Crippen LogP contribution < -0.4 is 5.32 Å². The molecule has 0 saturated heterocycles. The molecule has 31 heavy (non-hydrogen) atoms. The third-order valence-corrected chi connectivity index (χ3v) is 4.12. The first-order chi connectivity index (χ1) is 14.5. The molecule has 1 aromatic carbocycles. The zero-order chi connectivity index (χ0) is 22.8.